The second-order valence-corrected chi connectivity index (χ2v) is 7.27. The van der Waals surface area contributed by atoms with E-state index >= 15 is 0 Å². The first-order valence-electron chi connectivity index (χ1n) is 9.80. The van der Waals surface area contributed by atoms with Crippen molar-refractivity contribution >= 4 is 12.1 Å². The number of aromatic nitrogens is 1. The molecule has 0 aliphatic heterocycles. The molecule has 0 saturated heterocycles. The smallest absolute Gasteiger partial charge is 0.410 e. The van der Waals surface area contributed by atoms with E-state index in [2.05, 4.69) is 17.1 Å². The van der Waals surface area contributed by atoms with Crippen molar-refractivity contribution in [2.75, 3.05) is 6.61 Å². The first-order chi connectivity index (χ1) is 14.6. The SMILES string of the molecule is CC(C(=O)O)N(Cc1ccccn1)C(=O)OCC1c2ccccc2-c2ccccc21. The lowest BCUT2D eigenvalue weighted by molar-refractivity contribution is -0.142. The van der Waals surface area contributed by atoms with Crippen molar-refractivity contribution in [2.24, 2.45) is 0 Å². The topological polar surface area (TPSA) is 79.7 Å². The fourth-order valence-corrected chi connectivity index (χ4v) is 3.84. The minimum Gasteiger partial charge on any atom is -0.480 e. The Labute approximate surface area is 174 Å². The molecule has 30 heavy (non-hydrogen) atoms. The van der Waals surface area contributed by atoms with Gasteiger partial charge < -0.3 is 9.84 Å². The van der Waals surface area contributed by atoms with Crippen molar-refractivity contribution in [3.8, 4) is 11.1 Å². The summed E-state index contributed by atoms with van der Waals surface area (Å²) < 4.78 is 5.64. The average molecular weight is 402 g/mol. The number of rotatable bonds is 6. The Bertz CT molecular complexity index is 1020. The zero-order chi connectivity index (χ0) is 21.1. The van der Waals surface area contributed by atoms with Crippen LogP contribution in [0.15, 0.2) is 72.9 Å². The maximum Gasteiger partial charge on any atom is 0.410 e. The Kier molecular flexibility index (Phi) is 5.48. The summed E-state index contributed by atoms with van der Waals surface area (Å²) in [6.45, 7) is 1.66. The van der Waals surface area contributed by atoms with Crippen LogP contribution < -0.4 is 0 Å². The quantitative estimate of drug-likeness (QED) is 0.665. The number of hydrogen-bond donors (Lipinski definition) is 1. The maximum absolute atomic E-state index is 12.9. The van der Waals surface area contributed by atoms with Gasteiger partial charge in [0.15, 0.2) is 0 Å². The van der Waals surface area contributed by atoms with E-state index in [0.717, 1.165) is 22.3 Å². The monoisotopic (exact) mass is 402 g/mol. The van der Waals surface area contributed by atoms with Crippen LogP contribution in [0.2, 0.25) is 0 Å². The number of ether oxygens (including phenoxy) is 1. The summed E-state index contributed by atoms with van der Waals surface area (Å²) >= 11 is 0. The van der Waals surface area contributed by atoms with Crippen LogP contribution in [0.3, 0.4) is 0 Å². The van der Waals surface area contributed by atoms with E-state index in [1.807, 2.05) is 36.4 Å². The maximum atomic E-state index is 12.9. The van der Waals surface area contributed by atoms with E-state index in [9.17, 15) is 14.7 Å². The number of amides is 1. The third kappa shape index (κ3) is 3.76. The van der Waals surface area contributed by atoms with Gasteiger partial charge in [-0.1, -0.05) is 54.6 Å². The van der Waals surface area contributed by atoms with E-state index in [1.165, 1.54) is 11.8 Å². The van der Waals surface area contributed by atoms with Crippen molar-refractivity contribution in [3.63, 3.8) is 0 Å². The molecule has 1 heterocycles. The third-order valence-electron chi connectivity index (χ3n) is 5.45. The number of carbonyl (C=O) groups excluding carboxylic acids is 1. The van der Waals surface area contributed by atoms with Crippen LogP contribution in [0, 0.1) is 0 Å². The first-order valence-corrected chi connectivity index (χ1v) is 9.80. The van der Waals surface area contributed by atoms with E-state index < -0.39 is 18.1 Å². The van der Waals surface area contributed by atoms with Gasteiger partial charge in [-0.2, -0.15) is 0 Å². The van der Waals surface area contributed by atoms with E-state index in [1.54, 1.807) is 24.4 Å². The van der Waals surface area contributed by atoms with Crippen molar-refractivity contribution in [1.29, 1.82) is 0 Å². The molecule has 0 fully saturated rings. The highest BCUT2D eigenvalue weighted by atomic mass is 16.6. The fraction of sp³-hybridized carbons (Fsp3) is 0.208. The van der Waals surface area contributed by atoms with Crippen LogP contribution in [0.5, 0.6) is 0 Å². The van der Waals surface area contributed by atoms with Crippen molar-refractivity contribution in [2.45, 2.75) is 25.4 Å². The zero-order valence-electron chi connectivity index (χ0n) is 16.6. The Morgan fingerprint density at radius 3 is 2.17 bits per heavy atom. The van der Waals surface area contributed by atoms with Crippen molar-refractivity contribution < 1.29 is 19.4 Å². The standard InChI is InChI=1S/C24H22N2O4/c1-16(23(27)28)26(14-17-8-6-7-13-25-17)24(29)30-15-22-20-11-4-2-9-18(20)19-10-3-5-12-21(19)22/h2-13,16,22H,14-15H2,1H3,(H,27,28). The average Bonchev–Trinajstić information content (AvgIpc) is 3.10. The van der Waals surface area contributed by atoms with Crippen LogP contribution in [0.1, 0.15) is 29.7 Å². The molecule has 0 saturated carbocycles. The molecular weight excluding hydrogens is 380 g/mol. The van der Waals surface area contributed by atoms with Crippen LogP contribution in [-0.2, 0) is 16.1 Å². The van der Waals surface area contributed by atoms with Crippen molar-refractivity contribution in [1.82, 2.24) is 9.88 Å². The molecule has 1 aromatic heterocycles. The first kappa shape index (κ1) is 19.6. The van der Waals surface area contributed by atoms with Gasteiger partial charge in [0, 0.05) is 12.1 Å². The van der Waals surface area contributed by atoms with Crippen LogP contribution in [0.25, 0.3) is 11.1 Å². The number of hydrogen-bond acceptors (Lipinski definition) is 4. The number of aliphatic carboxylic acids is 1. The summed E-state index contributed by atoms with van der Waals surface area (Å²) in [6.07, 6.45) is 0.939. The number of carboxylic acid groups (broad SMARTS) is 1. The normalized spacial score (nSPS) is 13.2. The largest absolute Gasteiger partial charge is 0.480 e. The van der Waals surface area contributed by atoms with Crippen molar-refractivity contribution in [3.05, 3.63) is 89.7 Å². The molecule has 2 aromatic carbocycles. The summed E-state index contributed by atoms with van der Waals surface area (Å²) in [4.78, 5) is 29.8. The summed E-state index contributed by atoms with van der Waals surface area (Å²) in [5.74, 6) is -1.18. The van der Waals surface area contributed by atoms with Crippen LogP contribution in [-0.4, -0.2) is 39.7 Å². The van der Waals surface area contributed by atoms with Gasteiger partial charge in [0.25, 0.3) is 0 Å². The predicted molar refractivity (Wildman–Crippen MR) is 112 cm³/mol. The Morgan fingerprint density at radius 2 is 1.60 bits per heavy atom. The number of carboxylic acids is 1. The lowest BCUT2D eigenvalue weighted by Gasteiger charge is -2.26. The fourth-order valence-electron chi connectivity index (χ4n) is 3.84. The highest BCUT2D eigenvalue weighted by Crippen LogP contribution is 2.44. The minimum atomic E-state index is -1.10. The lowest BCUT2D eigenvalue weighted by Crippen LogP contribution is -2.43. The number of carbonyl (C=O) groups is 2. The summed E-state index contributed by atoms with van der Waals surface area (Å²) in [5.41, 5.74) is 5.08. The number of nitrogens with zero attached hydrogens (tertiary/aromatic N) is 2. The molecule has 1 amide bonds. The minimum absolute atomic E-state index is 0.0605. The highest BCUT2D eigenvalue weighted by Gasteiger charge is 2.32. The van der Waals surface area contributed by atoms with E-state index in [4.69, 9.17) is 4.74 Å². The van der Waals surface area contributed by atoms with Crippen LogP contribution >= 0.6 is 0 Å². The Balaban J connectivity index is 1.54. The number of fused-ring (bicyclic) bond motifs is 3. The molecule has 4 rings (SSSR count). The summed E-state index contributed by atoms with van der Waals surface area (Å²) in [5, 5.41) is 9.45. The molecular formula is C24H22N2O4. The summed E-state index contributed by atoms with van der Waals surface area (Å²) in [7, 11) is 0. The number of pyridine rings is 1. The van der Waals surface area contributed by atoms with Gasteiger partial charge in [-0.3, -0.25) is 9.88 Å². The highest BCUT2D eigenvalue weighted by molar-refractivity contribution is 5.81. The summed E-state index contributed by atoms with van der Waals surface area (Å²) in [6, 6.07) is 20.4. The third-order valence-corrected chi connectivity index (χ3v) is 5.45. The van der Waals surface area contributed by atoms with Gasteiger partial charge in [-0.05, 0) is 41.3 Å². The second kappa shape index (κ2) is 8.37. The van der Waals surface area contributed by atoms with Gasteiger partial charge in [-0.15, -0.1) is 0 Å². The van der Waals surface area contributed by atoms with Gasteiger partial charge in [-0.25, -0.2) is 9.59 Å². The molecule has 152 valence electrons. The van der Waals surface area contributed by atoms with E-state index in [0.29, 0.717) is 5.69 Å². The van der Waals surface area contributed by atoms with E-state index in [-0.39, 0.29) is 19.1 Å². The molecule has 1 aliphatic rings. The number of benzene rings is 2. The molecule has 1 atom stereocenters. The molecule has 0 spiro atoms. The Morgan fingerprint density at radius 1 is 1.00 bits per heavy atom. The zero-order valence-corrected chi connectivity index (χ0v) is 16.6. The molecule has 6 heteroatoms. The molecule has 0 radical (unpaired) electrons. The molecule has 6 nitrogen and oxygen atoms in total. The molecule has 1 unspecified atom stereocenters. The molecule has 1 N–H and O–H groups in total. The van der Waals surface area contributed by atoms with Gasteiger partial charge in [0.05, 0.1) is 12.2 Å². The Hall–Kier alpha value is -3.67. The lowest BCUT2D eigenvalue weighted by atomic mass is 9.98. The van der Waals surface area contributed by atoms with Gasteiger partial charge in [0.1, 0.15) is 12.6 Å². The molecule has 0 bridgehead atoms. The second-order valence-electron chi connectivity index (χ2n) is 7.27. The molecule has 1 aliphatic carbocycles. The molecule has 3 aromatic rings. The predicted octanol–water partition coefficient (Wildman–Crippen LogP) is 4.31. The van der Waals surface area contributed by atoms with Crippen LogP contribution in [0.4, 0.5) is 4.79 Å². The van der Waals surface area contributed by atoms with Gasteiger partial charge in [0.2, 0.25) is 0 Å². The van der Waals surface area contributed by atoms with Gasteiger partial charge >= 0.3 is 12.1 Å².